The van der Waals surface area contributed by atoms with Crippen LogP contribution in [0.2, 0.25) is 0 Å². The summed E-state index contributed by atoms with van der Waals surface area (Å²) in [5, 5.41) is 0. The molecule has 0 aliphatic heterocycles. The second kappa shape index (κ2) is 13.5. The van der Waals surface area contributed by atoms with Crippen LogP contribution in [-0.4, -0.2) is 16.2 Å². The Morgan fingerprint density at radius 2 is 1.11 bits per heavy atom. The van der Waals surface area contributed by atoms with Crippen LogP contribution < -0.4 is 4.74 Å². The van der Waals surface area contributed by atoms with Crippen molar-refractivity contribution in [3.05, 3.63) is 91.0 Å². The molecule has 1 aromatic heterocycles. The molecule has 4 rings (SSSR count). The Morgan fingerprint density at radius 1 is 0.600 bits per heavy atom. The number of aromatic nitrogens is 2. The van der Waals surface area contributed by atoms with Crippen LogP contribution in [0.3, 0.4) is 0 Å². The van der Waals surface area contributed by atoms with Crippen molar-refractivity contribution in [2.45, 2.75) is 64.7 Å². The second-order valence-corrected chi connectivity index (χ2v) is 9.17. The molecule has 3 aromatic carbocycles. The van der Waals surface area contributed by atoms with E-state index in [1.807, 2.05) is 12.1 Å². The van der Waals surface area contributed by atoms with E-state index in [1.165, 1.54) is 51.4 Å². The molecule has 0 bridgehead atoms. The van der Waals surface area contributed by atoms with Gasteiger partial charge in [0.15, 0.2) is 0 Å². The Bertz CT molecular complexity index is 1120. The summed E-state index contributed by atoms with van der Waals surface area (Å²) in [7, 11) is 0. The van der Waals surface area contributed by atoms with Gasteiger partial charge in [-0.2, -0.15) is 4.98 Å². The zero-order chi connectivity index (χ0) is 24.1. The predicted molar refractivity (Wildman–Crippen MR) is 147 cm³/mol. The molecule has 35 heavy (non-hydrogen) atoms. The fourth-order valence-electron chi connectivity index (χ4n) is 4.55. The minimum atomic E-state index is 0.661. The molecule has 0 N–H and O–H groups in total. The Labute approximate surface area is 210 Å². The van der Waals surface area contributed by atoms with E-state index in [0.29, 0.717) is 12.6 Å². The molecule has 0 saturated heterocycles. The first-order chi connectivity index (χ1) is 17.4. The van der Waals surface area contributed by atoms with Crippen molar-refractivity contribution in [2.75, 3.05) is 6.61 Å². The molecule has 182 valence electrons. The van der Waals surface area contributed by atoms with Gasteiger partial charge >= 0.3 is 6.01 Å². The average Bonchev–Trinajstić information content (AvgIpc) is 3.31. The van der Waals surface area contributed by atoms with E-state index in [9.17, 15) is 0 Å². The van der Waals surface area contributed by atoms with E-state index in [1.54, 1.807) is 0 Å². The first kappa shape index (κ1) is 24.8. The van der Waals surface area contributed by atoms with E-state index in [4.69, 9.17) is 9.72 Å². The summed E-state index contributed by atoms with van der Waals surface area (Å²) >= 11 is 0. The van der Waals surface area contributed by atoms with Gasteiger partial charge in [0.25, 0.3) is 0 Å². The molecule has 0 radical (unpaired) electrons. The van der Waals surface area contributed by atoms with E-state index in [-0.39, 0.29) is 0 Å². The van der Waals surface area contributed by atoms with Crippen LogP contribution in [0.1, 0.15) is 64.7 Å². The Kier molecular flexibility index (Phi) is 9.58. The normalized spacial score (nSPS) is 11.0. The maximum atomic E-state index is 6.37. The summed E-state index contributed by atoms with van der Waals surface area (Å²) in [6.07, 6.45) is 11.7. The summed E-state index contributed by atoms with van der Waals surface area (Å²) < 4.78 is 8.54. The van der Waals surface area contributed by atoms with Crippen LogP contribution in [0.15, 0.2) is 91.0 Å². The fraction of sp³-hybridized carbons (Fsp3) is 0.344. The number of unbranched alkanes of at least 4 members (excludes halogenated alkanes) is 8. The highest BCUT2D eigenvalue weighted by Gasteiger charge is 2.22. The molecule has 1 heterocycles. The zero-order valence-corrected chi connectivity index (χ0v) is 21.0. The van der Waals surface area contributed by atoms with Crippen LogP contribution in [-0.2, 0) is 0 Å². The number of ether oxygens (including phenoxy) is 1. The summed E-state index contributed by atoms with van der Waals surface area (Å²) in [4.78, 5) is 5.05. The predicted octanol–water partition coefficient (Wildman–Crippen LogP) is 9.12. The number of nitrogens with zero attached hydrogens (tertiary/aromatic N) is 2. The lowest BCUT2D eigenvalue weighted by Crippen LogP contribution is -2.05. The van der Waals surface area contributed by atoms with Gasteiger partial charge in [-0.3, -0.25) is 4.57 Å². The van der Waals surface area contributed by atoms with Crippen molar-refractivity contribution in [1.29, 1.82) is 0 Å². The van der Waals surface area contributed by atoms with Gasteiger partial charge in [-0.25, -0.2) is 0 Å². The number of benzene rings is 3. The largest absolute Gasteiger partial charge is 0.464 e. The number of hydrogen-bond acceptors (Lipinski definition) is 2. The minimum Gasteiger partial charge on any atom is -0.464 e. The van der Waals surface area contributed by atoms with Crippen LogP contribution in [0.25, 0.3) is 28.2 Å². The zero-order valence-electron chi connectivity index (χ0n) is 21.0. The minimum absolute atomic E-state index is 0.661. The second-order valence-electron chi connectivity index (χ2n) is 9.17. The Hall–Kier alpha value is -3.33. The Morgan fingerprint density at radius 3 is 1.71 bits per heavy atom. The van der Waals surface area contributed by atoms with Gasteiger partial charge in [0.2, 0.25) is 0 Å². The molecule has 0 atom stereocenters. The number of rotatable bonds is 14. The molecular formula is C32H38N2O. The lowest BCUT2D eigenvalue weighted by Gasteiger charge is -2.13. The van der Waals surface area contributed by atoms with Gasteiger partial charge in [-0.05, 0) is 18.6 Å². The maximum absolute atomic E-state index is 6.37. The molecule has 4 aromatic rings. The van der Waals surface area contributed by atoms with Crippen molar-refractivity contribution < 1.29 is 4.74 Å². The van der Waals surface area contributed by atoms with Crippen molar-refractivity contribution in [2.24, 2.45) is 0 Å². The number of imidazole rings is 1. The summed E-state index contributed by atoms with van der Waals surface area (Å²) in [5.74, 6) is 0. The molecule has 0 saturated carbocycles. The van der Waals surface area contributed by atoms with Crippen LogP contribution >= 0.6 is 0 Å². The van der Waals surface area contributed by atoms with Gasteiger partial charge in [0, 0.05) is 11.1 Å². The van der Waals surface area contributed by atoms with Crippen molar-refractivity contribution in [1.82, 2.24) is 9.55 Å². The highest BCUT2D eigenvalue weighted by atomic mass is 16.5. The molecule has 0 aliphatic carbocycles. The van der Waals surface area contributed by atoms with Crippen LogP contribution in [0.4, 0.5) is 0 Å². The van der Waals surface area contributed by atoms with Crippen LogP contribution in [0.5, 0.6) is 6.01 Å². The molecule has 0 fully saturated rings. The summed E-state index contributed by atoms with van der Waals surface area (Å²) in [5.41, 5.74) is 5.28. The lowest BCUT2D eigenvalue weighted by molar-refractivity contribution is 0.278. The first-order valence-corrected chi connectivity index (χ1v) is 13.3. The number of para-hydroxylation sites is 1. The quantitative estimate of drug-likeness (QED) is 0.173. The van der Waals surface area contributed by atoms with Gasteiger partial charge in [-0.1, -0.05) is 137 Å². The molecular weight excluding hydrogens is 428 g/mol. The smallest absolute Gasteiger partial charge is 0.302 e. The molecule has 0 spiro atoms. The average molecular weight is 467 g/mol. The van der Waals surface area contributed by atoms with Crippen LogP contribution in [0, 0.1) is 0 Å². The van der Waals surface area contributed by atoms with E-state index in [0.717, 1.165) is 34.6 Å². The fourth-order valence-corrected chi connectivity index (χ4v) is 4.55. The highest BCUT2D eigenvalue weighted by molar-refractivity contribution is 5.81. The topological polar surface area (TPSA) is 27.1 Å². The van der Waals surface area contributed by atoms with Crippen molar-refractivity contribution in [3.63, 3.8) is 0 Å². The monoisotopic (exact) mass is 466 g/mol. The van der Waals surface area contributed by atoms with Crippen molar-refractivity contribution >= 4 is 0 Å². The molecule has 0 amide bonds. The van der Waals surface area contributed by atoms with E-state index >= 15 is 0 Å². The third kappa shape index (κ3) is 6.85. The highest BCUT2D eigenvalue weighted by Crippen LogP contribution is 2.37. The maximum Gasteiger partial charge on any atom is 0.302 e. The first-order valence-electron chi connectivity index (χ1n) is 13.3. The Balaban J connectivity index is 1.54. The summed E-state index contributed by atoms with van der Waals surface area (Å²) in [6.45, 7) is 2.96. The number of hydrogen-bond donors (Lipinski definition) is 0. The lowest BCUT2D eigenvalue weighted by atomic mass is 10.0. The molecule has 3 heteroatoms. The third-order valence-electron chi connectivity index (χ3n) is 6.43. The molecule has 0 unspecified atom stereocenters. The third-order valence-corrected chi connectivity index (χ3v) is 6.43. The van der Waals surface area contributed by atoms with Crippen molar-refractivity contribution in [3.8, 4) is 34.2 Å². The van der Waals surface area contributed by atoms with Gasteiger partial charge in [0.05, 0.1) is 18.0 Å². The summed E-state index contributed by atoms with van der Waals surface area (Å²) in [6, 6.07) is 32.0. The van der Waals surface area contributed by atoms with E-state index < -0.39 is 0 Å². The molecule has 0 aliphatic rings. The standard InChI is InChI=1S/C32H38N2O/c1-2-3-4-5-6-7-8-9-19-26-35-32-33-30(27-20-13-10-14-21-27)31(28-22-15-11-16-23-28)34(32)29-24-17-12-18-25-29/h10-18,20-25H,2-9,19,26H2,1H3. The van der Waals surface area contributed by atoms with Gasteiger partial charge < -0.3 is 4.74 Å². The van der Waals surface area contributed by atoms with Gasteiger partial charge in [-0.15, -0.1) is 0 Å². The SMILES string of the molecule is CCCCCCCCCCCOc1nc(-c2ccccc2)c(-c2ccccc2)n1-c1ccccc1. The molecule has 3 nitrogen and oxygen atoms in total. The van der Waals surface area contributed by atoms with E-state index in [2.05, 4.69) is 90.4 Å². The van der Waals surface area contributed by atoms with Gasteiger partial charge in [0.1, 0.15) is 5.69 Å².